The van der Waals surface area contributed by atoms with Crippen LogP contribution in [0.2, 0.25) is 5.02 Å². The molecule has 21 heavy (non-hydrogen) atoms. The van der Waals surface area contributed by atoms with E-state index >= 15 is 0 Å². The highest BCUT2D eigenvalue weighted by molar-refractivity contribution is 7.91. The third-order valence-corrected chi connectivity index (χ3v) is 5.34. The first-order valence-corrected chi connectivity index (χ1v) is 8.44. The van der Waals surface area contributed by atoms with E-state index < -0.39 is 26.7 Å². The third kappa shape index (κ3) is 3.92. The zero-order chi connectivity index (χ0) is 15.6. The van der Waals surface area contributed by atoms with Gasteiger partial charge in [-0.3, -0.25) is 14.9 Å². The Morgan fingerprint density at radius 1 is 1.43 bits per heavy atom. The largest absolute Gasteiger partial charge is 0.348 e. The van der Waals surface area contributed by atoms with Crippen LogP contribution in [0.1, 0.15) is 23.2 Å². The highest BCUT2D eigenvalue weighted by atomic mass is 35.5. The quantitative estimate of drug-likeness (QED) is 0.667. The maximum absolute atomic E-state index is 12.0. The molecular formula is C12H13ClN2O5S. The first kappa shape index (κ1) is 15.7. The van der Waals surface area contributed by atoms with Crippen LogP contribution in [0.25, 0.3) is 0 Å². The molecule has 0 bridgehead atoms. The Labute approximate surface area is 126 Å². The minimum Gasteiger partial charge on any atom is -0.348 e. The normalized spacial score (nSPS) is 20.7. The van der Waals surface area contributed by atoms with Gasteiger partial charge in [-0.15, -0.1) is 0 Å². The fourth-order valence-corrected chi connectivity index (χ4v) is 4.02. The lowest BCUT2D eigenvalue weighted by Gasteiger charge is -2.22. The van der Waals surface area contributed by atoms with Gasteiger partial charge in [-0.05, 0) is 25.0 Å². The summed E-state index contributed by atoms with van der Waals surface area (Å²) in [6, 6.07) is 3.24. The number of nitro benzene ring substituents is 1. The molecule has 0 aliphatic carbocycles. The number of carbonyl (C=O) groups is 1. The van der Waals surface area contributed by atoms with Crippen LogP contribution in [0.4, 0.5) is 5.69 Å². The van der Waals surface area contributed by atoms with E-state index in [1.165, 1.54) is 12.1 Å². The molecule has 1 unspecified atom stereocenters. The van der Waals surface area contributed by atoms with E-state index in [1.807, 2.05) is 0 Å². The lowest BCUT2D eigenvalue weighted by molar-refractivity contribution is -0.384. The fourth-order valence-electron chi connectivity index (χ4n) is 2.20. The molecule has 1 N–H and O–H groups in total. The smallest absolute Gasteiger partial charge is 0.288 e. The first-order valence-electron chi connectivity index (χ1n) is 6.24. The Bertz CT molecular complexity index is 689. The number of nitrogens with zero attached hydrogens (tertiary/aromatic N) is 1. The van der Waals surface area contributed by atoms with Gasteiger partial charge in [0.1, 0.15) is 5.02 Å². The number of carbonyl (C=O) groups excluding carboxylic acids is 1. The molecule has 1 heterocycles. The SMILES string of the molecule is O=C(NC1CCCS(=O)(=O)C1)c1ccc(Cl)c([N+](=O)[O-])c1. The second-order valence-corrected chi connectivity index (χ2v) is 7.49. The van der Waals surface area contributed by atoms with Crippen molar-refractivity contribution in [3.8, 4) is 0 Å². The second kappa shape index (κ2) is 5.98. The van der Waals surface area contributed by atoms with Gasteiger partial charge in [0.05, 0.1) is 16.4 Å². The van der Waals surface area contributed by atoms with Crippen molar-refractivity contribution in [1.29, 1.82) is 0 Å². The molecule has 1 aliphatic heterocycles. The molecule has 1 atom stereocenters. The minimum absolute atomic E-state index is 0.0585. The molecule has 0 spiro atoms. The van der Waals surface area contributed by atoms with E-state index in [4.69, 9.17) is 11.6 Å². The fraction of sp³-hybridized carbons (Fsp3) is 0.417. The van der Waals surface area contributed by atoms with E-state index in [1.54, 1.807) is 0 Å². The summed E-state index contributed by atoms with van der Waals surface area (Å²) in [5, 5.41) is 13.3. The summed E-state index contributed by atoms with van der Waals surface area (Å²) in [7, 11) is -3.13. The molecule has 9 heteroatoms. The van der Waals surface area contributed by atoms with Crippen molar-refractivity contribution in [2.75, 3.05) is 11.5 Å². The second-order valence-electron chi connectivity index (χ2n) is 4.85. The van der Waals surface area contributed by atoms with Crippen molar-refractivity contribution < 1.29 is 18.1 Å². The standard InChI is InChI=1S/C12H13ClN2O5S/c13-10-4-3-8(6-11(10)15(17)18)12(16)14-9-2-1-5-21(19,20)7-9/h3-4,6,9H,1-2,5,7H2,(H,14,16). The minimum atomic E-state index is -3.13. The average molecular weight is 333 g/mol. The number of benzene rings is 1. The summed E-state index contributed by atoms with van der Waals surface area (Å²) in [6.07, 6.45) is 1.06. The van der Waals surface area contributed by atoms with Crippen LogP contribution in [-0.2, 0) is 9.84 Å². The van der Waals surface area contributed by atoms with Crippen LogP contribution < -0.4 is 5.32 Å². The van der Waals surface area contributed by atoms with Crippen LogP contribution in [-0.4, -0.2) is 36.8 Å². The molecule has 2 rings (SSSR count). The summed E-state index contributed by atoms with van der Waals surface area (Å²) < 4.78 is 23.0. The number of nitro groups is 1. The van der Waals surface area contributed by atoms with Crippen molar-refractivity contribution in [3.63, 3.8) is 0 Å². The number of nitrogens with one attached hydrogen (secondary N) is 1. The Balaban J connectivity index is 2.14. The molecule has 0 aromatic heterocycles. The summed E-state index contributed by atoms with van der Waals surface area (Å²) in [5.74, 6) is -0.517. The van der Waals surface area contributed by atoms with Crippen LogP contribution >= 0.6 is 11.6 Å². The zero-order valence-corrected chi connectivity index (χ0v) is 12.5. The number of rotatable bonds is 3. The maximum Gasteiger partial charge on any atom is 0.288 e. The predicted molar refractivity (Wildman–Crippen MR) is 77.2 cm³/mol. The van der Waals surface area contributed by atoms with Gasteiger partial charge >= 0.3 is 0 Å². The van der Waals surface area contributed by atoms with Crippen molar-refractivity contribution in [2.24, 2.45) is 0 Å². The zero-order valence-electron chi connectivity index (χ0n) is 10.9. The van der Waals surface area contributed by atoms with Gasteiger partial charge in [0.2, 0.25) is 0 Å². The van der Waals surface area contributed by atoms with Crippen molar-refractivity contribution in [3.05, 3.63) is 38.9 Å². The van der Waals surface area contributed by atoms with Crippen LogP contribution in [0.15, 0.2) is 18.2 Å². The Morgan fingerprint density at radius 2 is 2.14 bits per heavy atom. The lowest BCUT2D eigenvalue weighted by atomic mass is 10.1. The average Bonchev–Trinajstić information content (AvgIpc) is 2.37. The summed E-state index contributed by atoms with van der Waals surface area (Å²) in [4.78, 5) is 22.1. The first-order chi connectivity index (χ1) is 9.78. The van der Waals surface area contributed by atoms with Gasteiger partial charge in [-0.25, -0.2) is 8.42 Å². The van der Waals surface area contributed by atoms with Crippen LogP contribution in [0.5, 0.6) is 0 Å². The van der Waals surface area contributed by atoms with E-state index in [-0.39, 0.29) is 27.8 Å². The molecule has 1 aliphatic rings. The molecule has 0 saturated carbocycles. The summed E-state index contributed by atoms with van der Waals surface area (Å²) in [5.41, 5.74) is -0.283. The number of hydrogen-bond donors (Lipinski definition) is 1. The predicted octanol–water partition coefficient (Wildman–Crippen LogP) is 1.56. The molecule has 1 saturated heterocycles. The molecular weight excluding hydrogens is 320 g/mol. The van der Waals surface area contributed by atoms with E-state index in [2.05, 4.69) is 5.32 Å². The number of hydrogen-bond acceptors (Lipinski definition) is 5. The summed E-state index contributed by atoms with van der Waals surface area (Å²) in [6.45, 7) is 0. The number of sulfone groups is 1. The van der Waals surface area contributed by atoms with E-state index in [9.17, 15) is 23.3 Å². The van der Waals surface area contributed by atoms with Crippen molar-refractivity contribution >= 4 is 33.0 Å². The molecule has 0 radical (unpaired) electrons. The van der Waals surface area contributed by atoms with Gasteiger partial charge < -0.3 is 5.32 Å². The Morgan fingerprint density at radius 3 is 2.76 bits per heavy atom. The topological polar surface area (TPSA) is 106 Å². The van der Waals surface area contributed by atoms with Gasteiger partial charge in [0.15, 0.2) is 9.84 Å². The molecule has 1 aromatic carbocycles. The summed E-state index contributed by atoms with van der Waals surface area (Å²) >= 11 is 5.67. The van der Waals surface area contributed by atoms with Crippen molar-refractivity contribution in [1.82, 2.24) is 5.32 Å². The molecule has 1 amide bonds. The van der Waals surface area contributed by atoms with Gasteiger partial charge in [0, 0.05) is 17.7 Å². The van der Waals surface area contributed by atoms with Gasteiger partial charge in [-0.1, -0.05) is 11.6 Å². The monoisotopic (exact) mass is 332 g/mol. The highest BCUT2D eigenvalue weighted by Gasteiger charge is 2.26. The van der Waals surface area contributed by atoms with E-state index in [0.717, 1.165) is 6.07 Å². The maximum atomic E-state index is 12.0. The van der Waals surface area contributed by atoms with Crippen LogP contribution in [0.3, 0.4) is 0 Å². The number of halogens is 1. The highest BCUT2D eigenvalue weighted by Crippen LogP contribution is 2.25. The van der Waals surface area contributed by atoms with Crippen molar-refractivity contribution in [2.45, 2.75) is 18.9 Å². The van der Waals surface area contributed by atoms with Gasteiger partial charge in [-0.2, -0.15) is 0 Å². The number of amides is 1. The lowest BCUT2D eigenvalue weighted by Crippen LogP contribution is -2.43. The Hall–Kier alpha value is -1.67. The molecule has 1 aromatic rings. The molecule has 114 valence electrons. The molecule has 1 fully saturated rings. The van der Waals surface area contributed by atoms with Gasteiger partial charge in [0.25, 0.3) is 11.6 Å². The van der Waals surface area contributed by atoms with Crippen LogP contribution in [0, 0.1) is 10.1 Å². The Kier molecular flexibility index (Phi) is 4.48. The third-order valence-electron chi connectivity index (χ3n) is 3.20. The van der Waals surface area contributed by atoms with E-state index in [0.29, 0.717) is 12.8 Å². The molecule has 7 nitrogen and oxygen atoms in total.